The van der Waals surface area contributed by atoms with Crippen molar-refractivity contribution >= 4 is 17.0 Å². The molecule has 14 aromatic rings. The van der Waals surface area contributed by atoms with E-state index in [1.807, 2.05) is 0 Å². The van der Waals surface area contributed by atoms with Crippen molar-refractivity contribution < 1.29 is 0 Å². The van der Waals surface area contributed by atoms with Gasteiger partial charge in [0.1, 0.15) is 0 Å². The number of aromatic nitrogens is 3. The number of pyridine rings is 2. The van der Waals surface area contributed by atoms with E-state index >= 15 is 0 Å². The van der Waals surface area contributed by atoms with E-state index in [4.69, 9.17) is 9.97 Å². The van der Waals surface area contributed by atoms with Crippen LogP contribution in [0.25, 0.3) is 107 Å². The quantitative estimate of drug-likeness (QED) is 0.109. The minimum Gasteiger partial charge on any atom is -0.331 e. The molecule has 416 valence electrons. The maximum atomic E-state index is 5.92. The van der Waals surface area contributed by atoms with Gasteiger partial charge in [0, 0.05) is 39.5 Å². The molecule has 0 saturated carbocycles. The summed E-state index contributed by atoms with van der Waals surface area (Å²) in [5, 5.41) is 0. The fourth-order valence-electron chi connectivity index (χ4n) is 13.1. The van der Waals surface area contributed by atoms with Crippen molar-refractivity contribution in [2.24, 2.45) is 0 Å². The first-order chi connectivity index (χ1) is 43.7. The number of anilines is 1. The predicted molar refractivity (Wildman–Crippen MR) is 365 cm³/mol. The highest BCUT2D eigenvalue weighted by Crippen LogP contribution is 2.58. The van der Waals surface area contributed by atoms with Crippen LogP contribution >= 0.6 is 0 Å². The molecule has 2 atom stereocenters. The van der Waals surface area contributed by atoms with Gasteiger partial charge in [-0.1, -0.05) is 297 Å². The molecule has 88 heavy (non-hydrogen) atoms. The summed E-state index contributed by atoms with van der Waals surface area (Å²) in [4.78, 5) is 14.4. The van der Waals surface area contributed by atoms with E-state index in [0.717, 1.165) is 118 Å². The highest BCUT2D eigenvalue weighted by molar-refractivity contribution is 6.05. The lowest BCUT2D eigenvalue weighted by Gasteiger charge is -2.33. The monoisotopic (exact) mass is 1120 g/mol. The fraction of sp³-hybridized carbons (Fsp3) is 0.0238. The molecule has 3 aromatic heterocycles. The lowest BCUT2D eigenvalue weighted by Crippen LogP contribution is -2.26. The lowest BCUT2D eigenvalue weighted by molar-refractivity contribution is 0.670. The number of benzene rings is 11. The molecule has 0 aliphatic carbocycles. The molecule has 0 radical (unpaired) electrons. The van der Waals surface area contributed by atoms with Crippen LogP contribution in [0.1, 0.15) is 34.3 Å². The molecular weight excluding hydrogens is 1060 g/mol. The Kier molecular flexibility index (Phi) is 14.5. The van der Waals surface area contributed by atoms with E-state index in [-0.39, 0.29) is 12.0 Å². The molecule has 1 aliphatic heterocycles. The van der Waals surface area contributed by atoms with E-state index in [0.29, 0.717) is 0 Å². The number of rotatable bonds is 14. The Balaban J connectivity index is 0.985. The Bertz CT molecular complexity index is 4630. The van der Waals surface area contributed by atoms with Crippen molar-refractivity contribution in [1.29, 1.82) is 0 Å². The molecule has 2 unspecified atom stereocenters. The Morgan fingerprint density at radius 1 is 0.239 bits per heavy atom. The SMILES string of the molecule is c1ccc(C2=C(c3cc(-c4ccccc4)cc(-c4cccc(-c5cc(-c6ccccc6)cc(-c6c(-c7ccccc7)c(-c7ccccc7)c(-c7ccccc7)n6-c6ccccc6)n5)c4)n3)N(c3ccccc3)C(c3ccccc3)C2c2ccccc2)cc1. The summed E-state index contributed by atoms with van der Waals surface area (Å²) >= 11 is 0. The van der Waals surface area contributed by atoms with Gasteiger partial charge < -0.3 is 9.47 Å². The summed E-state index contributed by atoms with van der Waals surface area (Å²) in [6, 6.07) is 127. The zero-order valence-corrected chi connectivity index (χ0v) is 48.4. The van der Waals surface area contributed by atoms with Gasteiger partial charge in [-0.25, -0.2) is 9.97 Å². The standard InChI is InChI=1S/C84H60N4/c1-11-32-59(33-12-1)69-55-73(85-75(57-69)83-79(63-40-19-5-20-41-63)77(61-36-15-3-16-37-61)81(65-44-23-7-24-45-65)87(83)71-50-27-9-28-51-71)67-48-31-49-68(54-67)74-56-70(60-34-13-2-14-35-60)58-76(86-74)84-80(64-42-21-6-22-43-64)78(62-38-17-4-18-39-62)82(66-46-25-8-26-47-66)88(84)72-52-29-10-30-53-72/h1-58,77,81H. The average molecular weight is 1130 g/mol. The molecule has 0 saturated heterocycles. The van der Waals surface area contributed by atoms with E-state index in [2.05, 4.69) is 361 Å². The van der Waals surface area contributed by atoms with Gasteiger partial charge in [-0.05, 0) is 116 Å². The molecule has 4 heterocycles. The van der Waals surface area contributed by atoms with Crippen molar-refractivity contribution in [1.82, 2.24) is 14.5 Å². The third-order valence-electron chi connectivity index (χ3n) is 17.0. The van der Waals surface area contributed by atoms with E-state index < -0.39 is 0 Å². The summed E-state index contributed by atoms with van der Waals surface area (Å²) in [6.07, 6.45) is 0. The van der Waals surface area contributed by atoms with Crippen LogP contribution in [0.5, 0.6) is 0 Å². The van der Waals surface area contributed by atoms with Crippen molar-refractivity contribution in [2.75, 3.05) is 4.90 Å². The van der Waals surface area contributed by atoms with E-state index in [1.54, 1.807) is 0 Å². The summed E-state index contributed by atoms with van der Waals surface area (Å²) in [5.41, 5.74) is 25.4. The van der Waals surface area contributed by atoms with Crippen LogP contribution in [0.4, 0.5) is 5.69 Å². The lowest BCUT2D eigenvalue weighted by atomic mass is 9.80. The zero-order valence-electron chi connectivity index (χ0n) is 48.4. The van der Waals surface area contributed by atoms with Crippen molar-refractivity contribution in [3.8, 4) is 95.4 Å². The predicted octanol–water partition coefficient (Wildman–Crippen LogP) is 21.5. The molecule has 0 bridgehead atoms. The van der Waals surface area contributed by atoms with Crippen LogP contribution in [-0.2, 0) is 0 Å². The molecule has 4 nitrogen and oxygen atoms in total. The van der Waals surface area contributed by atoms with Crippen LogP contribution in [0.15, 0.2) is 352 Å². The number of para-hydroxylation sites is 2. The molecule has 0 fully saturated rings. The molecule has 0 amide bonds. The van der Waals surface area contributed by atoms with Crippen LogP contribution in [0.3, 0.4) is 0 Å². The number of nitrogens with zero attached hydrogens (tertiary/aromatic N) is 4. The van der Waals surface area contributed by atoms with Gasteiger partial charge in [-0.2, -0.15) is 0 Å². The third kappa shape index (κ3) is 10.2. The number of hydrogen-bond acceptors (Lipinski definition) is 3. The molecule has 15 rings (SSSR count). The molecular formula is C84H60N4. The number of hydrogen-bond donors (Lipinski definition) is 0. The van der Waals surface area contributed by atoms with E-state index in [1.165, 1.54) is 16.7 Å². The maximum absolute atomic E-state index is 5.92. The largest absolute Gasteiger partial charge is 0.331 e. The molecule has 11 aromatic carbocycles. The first kappa shape index (κ1) is 53.3. The average Bonchev–Trinajstić information content (AvgIpc) is 1.70. The van der Waals surface area contributed by atoms with Crippen LogP contribution in [0.2, 0.25) is 0 Å². The summed E-state index contributed by atoms with van der Waals surface area (Å²) < 4.78 is 2.45. The van der Waals surface area contributed by atoms with Crippen molar-refractivity contribution in [3.05, 3.63) is 374 Å². The van der Waals surface area contributed by atoms with E-state index in [9.17, 15) is 0 Å². The van der Waals surface area contributed by atoms with Crippen LogP contribution in [0, 0.1) is 0 Å². The smallest absolute Gasteiger partial charge is 0.0890 e. The van der Waals surface area contributed by atoms with Crippen LogP contribution < -0.4 is 4.90 Å². The second-order valence-corrected chi connectivity index (χ2v) is 22.4. The van der Waals surface area contributed by atoms with Gasteiger partial charge in [-0.3, -0.25) is 0 Å². The zero-order chi connectivity index (χ0) is 58.6. The van der Waals surface area contributed by atoms with Crippen molar-refractivity contribution in [2.45, 2.75) is 12.0 Å². The first-order valence-corrected chi connectivity index (χ1v) is 30.2. The normalized spacial score (nSPS) is 13.8. The summed E-state index contributed by atoms with van der Waals surface area (Å²) in [5.74, 6) is -0.0646. The van der Waals surface area contributed by atoms with Crippen molar-refractivity contribution in [3.63, 3.8) is 0 Å². The van der Waals surface area contributed by atoms with Gasteiger partial charge in [0.05, 0.1) is 45.9 Å². The third-order valence-corrected chi connectivity index (χ3v) is 17.0. The summed E-state index contributed by atoms with van der Waals surface area (Å²) in [6.45, 7) is 0. The first-order valence-electron chi connectivity index (χ1n) is 30.2. The second kappa shape index (κ2) is 23.9. The van der Waals surface area contributed by atoms with Crippen LogP contribution in [-0.4, -0.2) is 14.5 Å². The van der Waals surface area contributed by atoms with Gasteiger partial charge in [0.15, 0.2) is 0 Å². The highest BCUT2D eigenvalue weighted by atomic mass is 15.2. The minimum atomic E-state index is -0.111. The minimum absolute atomic E-state index is 0.0646. The second-order valence-electron chi connectivity index (χ2n) is 22.4. The highest BCUT2D eigenvalue weighted by Gasteiger charge is 2.45. The van der Waals surface area contributed by atoms with Gasteiger partial charge in [0.25, 0.3) is 0 Å². The molecule has 0 N–H and O–H groups in total. The summed E-state index contributed by atoms with van der Waals surface area (Å²) in [7, 11) is 0. The topological polar surface area (TPSA) is 34.0 Å². The molecule has 4 heteroatoms. The molecule has 1 aliphatic rings. The Labute approximate surface area is 515 Å². The Morgan fingerprint density at radius 2 is 0.591 bits per heavy atom. The Hall–Kier alpha value is -11.5. The fourth-order valence-corrected chi connectivity index (χ4v) is 13.1. The maximum Gasteiger partial charge on any atom is 0.0890 e. The van der Waals surface area contributed by atoms with Gasteiger partial charge in [-0.15, -0.1) is 0 Å². The van der Waals surface area contributed by atoms with Gasteiger partial charge >= 0.3 is 0 Å². The molecule has 0 spiro atoms. The Morgan fingerprint density at radius 3 is 1.08 bits per heavy atom. The van der Waals surface area contributed by atoms with Gasteiger partial charge in [0.2, 0.25) is 0 Å².